The molecule has 0 saturated heterocycles. The topological polar surface area (TPSA) is 85.2 Å². The number of phenols is 1. The normalized spacial score (nSPS) is 15.6. The highest BCUT2D eigenvalue weighted by molar-refractivity contribution is 7.12. The lowest BCUT2D eigenvalue weighted by molar-refractivity contribution is 0.0943. The van der Waals surface area contributed by atoms with Crippen LogP contribution in [0.5, 0.6) is 5.75 Å². The molecule has 194 valence electrons. The number of nitriles is 1. The van der Waals surface area contributed by atoms with Crippen molar-refractivity contribution in [1.82, 2.24) is 10.6 Å². The summed E-state index contributed by atoms with van der Waals surface area (Å²) in [5.74, 6) is 0.0123. The lowest BCUT2D eigenvalue weighted by atomic mass is 9.90. The fourth-order valence-electron chi connectivity index (χ4n) is 4.83. The number of hydrogen-bond acceptors (Lipinski definition) is 5. The molecule has 0 radical (unpaired) electrons. The first kappa shape index (κ1) is 27.5. The highest BCUT2D eigenvalue weighted by Gasteiger charge is 2.26. The van der Waals surface area contributed by atoms with Gasteiger partial charge in [0.05, 0.1) is 11.1 Å². The average Bonchev–Trinajstić information content (AvgIpc) is 3.25. The number of nitrogens with one attached hydrogen (secondary N) is 2. The Morgan fingerprint density at radius 2 is 2.08 bits per heavy atom. The largest absolute Gasteiger partial charge is 0.507 e. The molecule has 0 saturated carbocycles. The minimum atomic E-state index is -0.265. The van der Waals surface area contributed by atoms with Crippen LogP contribution in [-0.4, -0.2) is 23.6 Å². The molecule has 1 aromatic heterocycles. The van der Waals surface area contributed by atoms with Gasteiger partial charge in [0.15, 0.2) is 0 Å². The van der Waals surface area contributed by atoms with E-state index >= 15 is 0 Å². The first-order chi connectivity index (χ1) is 17.9. The fourth-order valence-corrected chi connectivity index (χ4v) is 6.70. The Labute approximate surface area is 232 Å². The summed E-state index contributed by atoms with van der Waals surface area (Å²) in [6.45, 7) is 3.34. The second-order valence-corrected chi connectivity index (χ2v) is 11.5. The summed E-state index contributed by atoms with van der Waals surface area (Å²) in [6, 6.07) is 15.0. The number of rotatable bonds is 10. The second-order valence-electron chi connectivity index (χ2n) is 9.51. The quantitative estimate of drug-likeness (QED) is 0.261. The van der Waals surface area contributed by atoms with Crippen LogP contribution in [0.15, 0.2) is 42.5 Å². The molecular formula is C29H31Cl2N3O2S. The molecule has 3 aromatic rings. The number of aryl methyl sites for hydroxylation is 1. The van der Waals surface area contributed by atoms with Crippen molar-refractivity contribution in [2.75, 3.05) is 6.54 Å². The zero-order valence-corrected chi connectivity index (χ0v) is 23.1. The molecule has 0 bridgehead atoms. The number of nitrogens with zero attached hydrogens (tertiary/aromatic N) is 1. The summed E-state index contributed by atoms with van der Waals surface area (Å²) >= 11 is 14.1. The van der Waals surface area contributed by atoms with E-state index in [1.54, 1.807) is 35.6 Å². The van der Waals surface area contributed by atoms with Gasteiger partial charge < -0.3 is 15.7 Å². The zero-order valence-electron chi connectivity index (χ0n) is 20.8. The summed E-state index contributed by atoms with van der Waals surface area (Å²) in [5, 5.41) is 27.7. The third-order valence-corrected chi connectivity index (χ3v) is 9.00. The van der Waals surface area contributed by atoms with Crippen LogP contribution in [0.2, 0.25) is 10.0 Å². The third-order valence-electron chi connectivity index (χ3n) is 7.10. The van der Waals surface area contributed by atoms with E-state index in [0.717, 1.165) is 54.5 Å². The lowest BCUT2D eigenvalue weighted by Gasteiger charge is -2.23. The molecule has 3 N–H and O–H groups in total. The van der Waals surface area contributed by atoms with Crippen molar-refractivity contribution in [3.63, 3.8) is 0 Å². The molecular weight excluding hydrogens is 525 g/mol. The van der Waals surface area contributed by atoms with Crippen molar-refractivity contribution in [3.8, 4) is 11.8 Å². The average molecular weight is 557 g/mol. The highest BCUT2D eigenvalue weighted by Crippen LogP contribution is 2.35. The number of carbonyl (C=O) groups is 1. The van der Waals surface area contributed by atoms with Gasteiger partial charge in [-0.1, -0.05) is 54.7 Å². The van der Waals surface area contributed by atoms with Crippen LogP contribution in [0, 0.1) is 17.2 Å². The molecule has 0 fully saturated rings. The van der Waals surface area contributed by atoms with Crippen molar-refractivity contribution in [3.05, 3.63) is 84.5 Å². The van der Waals surface area contributed by atoms with E-state index in [1.165, 1.54) is 16.5 Å². The van der Waals surface area contributed by atoms with Gasteiger partial charge >= 0.3 is 0 Å². The summed E-state index contributed by atoms with van der Waals surface area (Å²) in [6.07, 6.45) is 5.43. The number of carbonyl (C=O) groups excluding carboxylic acids is 1. The maximum absolute atomic E-state index is 12.5. The van der Waals surface area contributed by atoms with Crippen LogP contribution >= 0.6 is 34.5 Å². The highest BCUT2D eigenvalue weighted by atomic mass is 35.5. The van der Waals surface area contributed by atoms with Crippen molar-refractivity contribution < 1.29 is 9.90 Å². The molecule has 1 aliphatic rings. The summed E-state index contributed by atoms with van der Waals surface area (Å²) in [7, 11) is 0. The Balaban J connectivity index is 1.33. The van der Waals surface area contributed by atoms with Crippen LogP contribution in [0.1, 0.15) is 63.0 Å². The third kappa shape index (κ3) is 6.86. The number of hydrogen-bond donors (Lipinski definition) is 3. The van der Waals surface area contributed by atoms with Crippen LogP contribution in [0.3, 0.4) is 0 Å². The molecule has 2 atom stereocenters. The standard InChI is InChI=1S/C29H31Cl2N3O2S/c1-2-18(16-34-29(36)23-5-3-4-6-26(23)35)7-12-27-24(15-32)22-11-10-21(14-28(22)37-27)33-17-19-8-9-20(30)13-25(19)31/h3-6,8-9,13,18,21,33,35H,2,7,10-12,14,16-17H2,1H3,(H,34,36). The van der Waals surface area contributed by atoms with Gasteiger partial charge in [0, 0.05) is 38.9 Å². The van der Waals surface area contributed by atoms with E-state index in [0.29, 0.717) is 35.1 Å². The Morgan fingerprint density at radius 1 is 1.27 bits per heavy atom. The number of halogens is 2. The van der Waals surface area contributed by atoms with E-state index in [9.17, 15) is 15.2 Å². The Morgan fingerprint density at radius 3 is 2.81 bits per heavy atom. The second kappa shape index (κ2) is 12.8. The molecule has 0 aliphatic heterocycles. The summed E-state index contributed by atoms with van der Waals surface area (Å²) in [4.78, 5) is 14.9. The van der Waals surface area contributed by atoms with Crippen LogP contribution in [0.4, 0.5) is 0 Å². The Kier molecular flexibility index (Phi) is 9.50. The lowest BCUT2D eigenvalue weighted by Crippen LogP contribution is -2.33. The van der Waals surface area contributed by atoms with E-state index in [2.05, 4.69) is 23.6 Å². The molecule has 8 heteroatoms. The Bertz CT molecular complexity index is 1300. The van der Waals surface area contributed by atoms with Crippen molar-refractivity contribution in [2.24, 2.45) is 5.92 Å². The fraction of sp³-hybridized carbons (Fsp3) is 0.379. The van der Waals surface area contributed by atoms with Crippen molar-refractivity contribution in [1.29, 1.82) is 5.26 Å². The maximum Gasteiger partial charge on any atom is 0.255 e. The summed E-state index contributed by atoms with van der Waals surface area (Å²) in [5.41, 5.74) is 3.39. The number of thiophene rings is 1. The van der Waals surface area contributed by atoms with E-state index in [1.807, 2.05) is 12.1 Å². The smallest absolute Gasteiger partial charge is 0.255 e. The molecule has 1 heterocycles. The predicted molar refractivity (Wildman–Crippen MR) is 151 cm³/mol. The van der Waals surface area contributed by atoms with Gasteiger partial charge in [0.1, 0.15) is 11.8 Å². The minimum absolute atomic E-state index is 0.0140. The van der Waals surface area contributed by atoms with Crippen LogP contribution in [0.25, 0.3) is 0 Å². The molecule has 2 unspecified atom stereocenters. The minimum Gasteiger partial charge on any atom is -0.507 e. The monoisotopic (exact) mass is 555 g/mol. The number of amides is 1. The van der Waals surface area contributed by atoms with E-state index < -0.39 is 0 Å². The Hall–Kier alpha value is -2.56. The van der Waals surface area contributed by atoms with E-state index in [4.69, 9.17) is 23.2 Å². The SMILES string of the molecule is CCC(CCc1sc2c(c1C#N)CCC(NCc1ccc(Cl)cc1Cl)C2)CNC(=O)c1ccccc1O. The number of fused-ring (bicyclic) bond motifs is 1. The van der Waals surface area contributed by atoms with Gasteiger partial charge in [-0.25, -0.2) is 0 Å². The first-order valence-electron chi connectivity index (χ1n) is 12.7. The van der Waals surface area contributed by atoms with Crippen molar-refractivity contribution in [2.45, 2.75) is 58.0 Å². The molecule has 4 rings (SSSR count). The molecule has 1 aliphatic carbocycles. The number of para-hydroxylation sites is 1. The van der Waals surface area contributed by atoms with Gasteiger partial charge in [0.25, 0.3) is 5.91 Å². The molecule has 2 aromatic carbocycles. The molecule has 37 heavy (non-hydrogen) atoms. The molecule has 1 amide bonds. The predicted octanol–water partition coefficient (Wildman–Crippen LogP) is 6.67. The van der Waals surface area contributed by atoms with Crippen LogP contribution in [-0.2, 0) is 25.8 Å². The van der Waals surface area contributed by atoms with Crippen molar-refractivity contribution >= 4 is 40.4 Å². The first-order valence-corrected chi connectivity index (χ1v) is 14.2. The summed E-state index contributed by atoms with van der Waals surface area (Å²) < 4.78 is 0. The van der Waals surface area contributed by atoms with Crippen LogP contribution < -0.4 is 10.6 Å². The molecule has 5 nitrogen and oxygen atoms in total. The van der Waals surface area contributed by atoms with E-state index in [-0.39, 0.29) is 17.2 Å². The number of aromatic hydroxyl groups is 1. The van der Waals surface area contributed by atoms with Gasteiger partial charge in [-0.2, -0.15) is 5.26 Å². The number of phenolic OH excluding ortho intramolecular Hbond substituents is 1. The number of benzene rings is 2. The van der Waals surface area contributed by atoms with Gasteiger partial charge in [-0.05, 0) is 73.4 Å². The van der Waals surface area contributed by atoms with Gasteiger partial charge in [-0.15, -0.1) is 11.3 Å². The van der Waals surface area contributed by atoms with Gasteiger partial charge in [-0.3, -0.25) is 4.79 Å². The maximum atomic E-state index is 12.5. The molecule has 0 spiro atoms. The van der Waals surface area contributed by atoms with Gasteiger partial charge in [0.2, 0.25) is 0 Å². The zero-order chi connectivity index (χ0) is 26.4.